The van der Waals surface area contributed by atoms with E-state index in [0.29, 0.717) is 26.3 Å². The molecule has 106 valence electrons. The molecule has 1 aliphatic rings. The summed E-state index contributed by atoms with van der Waals surface area (Å²) in [7, 11) is 0. The van der Waals surface area contributed by atoms with E-state index < -0.39 is 11.7 Å². The van der Waals surface area contributed by atoms with Crippen LogP contribution in [0.25, 0.3) is 0 Å². The van der Waals surface area contributed by atoms with Crippen molar-refractivity contribution in [3.8, 4) is 0 Å². The zero-order valence-corrected chi connectivity index (χ0v) is 12.8. The number of anilines is 1. The first-order valence-corrected chi connectivity index (χ1v) is 7.33. The topological polar surface area (TPSA) is 72.0 Å². The molecule has 0 atom stereocenters. The van der Waals surface area contributed by atoms with Gasteiger partial charge < -0.3 is 5.32 Å². The number of aromatic nitrogens is 2. The first kappa shape index (κ1) is 14.0. The Morgan fingerprint density at radius 1 is 1.10 bits per heavy atom. The first-order valence-electron chi connectivity index (χ1n) is 6.13. The van der Waals surface area contributed by atoms with Gasteiger partial charge in [0.2, 0.25) is 0 Å². The lowest BCUT2D eigenvalue weighted by molar-refractivity contribution is -0.112. The van der Waals surface area contributed by atoms with E-state index in [1.165, 1.54) is 17.8 Å². The second kappa shape index (κ2) is 5.13. The molecule has 1 aromatic carbocycles. The molecule has 2 heterocycles. The Labute approximate surface area is 130 Å². The Balaban J connectivity index is 1.99. The van der Waals surface area contributed by atoms with Crippen LogP contribution in [0.4, 0.5) is 5.69 Å². The molecule has 2 aromatic rings. The second-order valence-electron chi connectivity index (χ2n) is 4.65. The quantitative estimate of drug-likeness (QED) is 0.680. The van der Waals surface area contributed by atoms with Gasteiger partial charge in [-0.25, -0.2) is 9.97 Å². The molecule has 0 spiro atoms. The largest absolute Gasteiger partial charge is 0.318 e. The predicted molar refractivity (Wildman–Crippen MR) is 80.0 cm³/mol. The standard InChI is InChI=1S/C14H10ClN3O2S/c1-6-3-7(2)17-14(16-6)21-11-5-10-8(4-9(11)15)12(19)13(20)18-10/h3-5H,1-2H3,(H,18,19,20). The minimum absolute atomic E-state index is 0.302. The lowest BCUT2D eigenvalue weighted by atomic mass is 10.1. The Morgan fingerprint density at radius 2 is 1.76 bits per heavy atom. The molecule has 7 heteroatoms. The molecule has 1 N–H and O–H groups in total. The van der Waals surface area contributed by atoms with Crippen molar-refractivity contribution in [2.24, 2.45) is 0 Å². The van der Waals surface area contributed by atoms with Gasteiger partial charge in [0.25, 0.3) is 11.7 Å². The lowest BCUT2D eigenvalue weighted by Gasteiger charge is -2.07. The molecule has 5 nitrogen and oxygen atoms in total. The minimum Gasteiger partial charge on any atom is -0.318 e. The Hall–Kier alpha value is -1.92. The van der Waals surface area contributed by atoms with E-state index in [-0.39, 0.29) is 0 Å². The molecular weight excluding hydrogens is 310 g/mol. The number of rotatable bonds is 2. The predicted octanol–water partition coefficient (Wildman–Crippen LogP) is 3.03. The van der Waals surface area contributed by atoms with Gasteiger partial charge in [0, 0.05) is 16.3 Å². The monoisotopic (exact) mass is 319 g/mol. The maximum Gasteiger partial charge on any atom is 0.296 e. The highest BCUT2D eigenvalue weighted by molar-refractivity contribution is 7.99. The number of ketones is 1. The van der Waals surface area contributed by atoms with Gasteiger partial charge in [0.05, 0.1) is 16.3 Å². The third-order valence-electron chi connectivity index (χ3n) is 2.93. The molecule has 0 aliphatic carbocycles. The van der Waals surface area contributed by atoms with Crippen LogP contribution in [0.1, 0.15) is 21.7 Å². The summed E-state index contributed by atoms with van der Waals surface area (Å²) in [5, 5.41) is 3.49. The molecule has 0 saturated carbocycles. The molecule has 0 unspecified atom stereocenters. The normalized spacial score (nSPS) is 13.3. The molecule has 0 saturated heterocycles. The molecular formula is C14H10ClN3O2S. The molecule has 1 amide bonds. The highest BCUT2D eigenvalue weighted by Gasteiger charge is 2.29. The number of carbonyl (C=O) groups excluding carboxylic acids is 2. The smallest absolute Gasteiger partial charge is 0.296 e. The van der Waals surface area contributed by atoms with E-state index >= 15 is 0 Å². The average molecular weight is 320 g/mol. The van der Waals surface area contributed by atoms with E-state index in [1.54, 1.807) is 6.07 Å². The number of fused-ring (bicyclic) bond motifs is 1. The van der Waals surface area contributed by atoms with E-state index in [4.69, 9.17) is 11.6 Å². The van der Waals surface area contributed by atoms with Gasteiger partial charge in [-0.05, 0) is 43.8 Å². The molecule has 0 fully saturated rings. The Morgan fingerprint density at radius 3 is 2.43 bits per heavy atom. The average Bonchev–Trinajstić information content (AvgIpc) is 2.65. The van der Waals surface area contributed by atoms with Crippen LogP contribution in [-0.2, 0) is 4.79 Å². The summed E-state index contributed by atoms with van der Waals surface area (Å²) >= 11 is 7.48. The minimum atomic E-state index is -0.633. The van der Waals surface area contributed by atoms with Crippen LogP contribution in [0.5, 0.6) is 0 Å². The fraction of sp³-hybridized carbons (Fsp3) is 0.143. The van der Waals surface area contributed by atoms with E-state index in [1.807, 2.05) is 19.9 Å². The fourth-order valence-corrected chi connectivity index (χ4v) is 3.25. The van der Waals surface area contributed by atoms with Gasteiger partial charge in [-0.15, -0.1) is 0 Å². The number of nitrogens with zero attached hydrogens (tertiary/aromatic N) is 2. The van der Waals surface area contributed by atoms with Crippen molar-refractivity contribution in [1.82, 2.24) is 9.97 Å². The summed E-state index contributed by atoms with van der Waals surface area (Å²) < 4.78 is 0. The van der Waals surface area contributed by atoms with Crippen molar-refractivity contribution in [1.29, 1.82) is 0 Å². The number of amides is 1. The van der Waals surface area contributed by atoms with Crippen LogP contribution in [0.15, 0.2) is 28.3 Å². The fourth-order valence-electron chi connectivity index (χ4n) is 2.06. The Kier molecular flexibility index (Phi) is 3.43. The molecule has 0 radical (unpaired) electrons. The second-order valence-corrected chi connectivity index (χ2v) is 6.06. The number of nitrogens with one attached hydrogen (secondary N) is 1. The van der Waals surface area contributed by atoms with Crippen molar-refractivity contribution in [2.45, 2.75) is 23.9 Å². The third kappa shape index (κ3) is 2.64. The van der Waals surface area contributed by atoms with E-state index in [9.17, 15) is 9.59 Å². The number of benzene rings is 1. The molecule has 21 heavy (non-hydrogen) atoms. The number of Topliss-reactive ketones (excluding diaryl/α,β-unsaturated/α-hetero) is 1. The number of halogens is 1. The van der Waals surface area contributed by atoms with Crippen molar-refractivity contribution in [3.05, 3.63) is 40.2 Å². The van der Waals surface area contributed by atoms with Crippen molar-refractivity contribution < 1.29 is 9.59 Å². The van der Waals surface area contributed by atoms with E-state index in [0.717, 1.165) is 11.4 Å². The van der Waals surface area contributed by atoms with Gasteiger partial charge in [0.1, 0.15) is 0 Å². The summed E-state index contributed by atoms with van der Waals surface area (Å²) in [6.07, 6.45) is 0. The van der Waals surface area contributed by atoms with Crippen LogP contribution in [0.2, 0.25) is 5.02 Å². The number of hydrogen-bond donors (Lipinski definition) is 1. The van der Waals surface area contributed by atoms with Gasteiger partial charge in [-0.1, -0.05) is 11.6 Å². The van der Waals surface area contributed by atoms with Crippen molar-refractivity contribution >= 4 is 40.7 Å². The summed E-state index contributed by atoms with van der Waals surface area (Å²) in [5.41, 5.74) is 2.51. The van der Waals surface area contributed by atoms with Crippen LogP contribution in [0, 0.1) is 13.8 Å². The lowest BCUT2D eigenvalue weighted by Crippen LogP contribution is -2.12. The van der Waals surface area contributed by atoms with Crippen molar-refractivity contribution in [2.75, 3.05) is 5.32 Å². The summed E-state index contributed by atoms with van der Waals surface area (Å²) in [5.74, 6) is -1.20. The molecule has 1 aromatic heterocycles. The van der Waals surface area contributed by atoms with Crippen LogP contribution in [-0.4, -0.2) is 21.7 Å². The van der Waals surface area contributed by atoms with E-state index in [2.05, 4.69) is 15.3 Å². The highest BCUT2D eigenvalue weighted by Crippen LogP contribution is 2.37. The van der Waals surface area contributed by atoms with Crippen LogP contribution in [0.3, 0.4) is 0 Å². The summed E-state index contributed by atoms with van der Waals surface area (Å²) in [4.78, 5) is 32.3. The van der Waals surface area contributed by atoms with Crippen LogP contribution >= 0.6 is 23.4 Å². The molecule has 0 bridgehead atoms. The van der Waals surface area contributed by atoms with Gasteiger partial charge in [-0.2, -0.15) is 0 Å². The van der Waals surface area contributed by atoms with Gasteiger partial charge in [0.15, 0.2) is 5.16 Å². The zero-order chi connectivity index (χ0) is 15.1. The third-order valence-corrected chi connectivity index (χ3v) is 4.28. The maximum atomic E-state index is 11.6. The number of carbonyl (C=O) groups is 2. The van der Waals surface area contributed by atoms with Crippen molar-refractivity contribution in [3.63, 3.8) is 0 Å². The Bertz CT molecular complexity index is 772. The highest BCUT2D eigenvalue weighted by atomic mass is 35.5. The summed E-state index contributed by atoms with van der Waals surface area (Å²) in [6, 6.07) is 5.06. The SMILES string of the molecule is Cc1cc(C)nc(Sc2cc3c(cc2Cl)C(=O)C(=O)N3)n1. The van der Waals surface area contributed by atoms with Gasteiger partial charge >= 0.3 is 0 Å². The maximum absolute atomic E-state index is 11.6. The number of aryl methyl sites for hydroxylation is 2. The van der Waals surface area contributed by atoms with Crippen LogP contribution < -0.4 is 5.32 Å². The summed E-state index contributed by atoms with van der Waals surface area (Å²) in [6.45, 7) is 3.78. The molecule has 3 rings (SSSR count). The number of hydrogen-bond acceptors (Lipinski definition) is 5. The molecule has 1 aliphatic heterocycles. The van der Waals surface area contributed by atoms with Gasteiger partial charge in [-0.3, -0.25) is 9.59 Å². The zero-order valence-electron chi connectivity index (χ0n) is 11.2. The first-order chi connectivity index (χ1) is 9.94.